The number of nitrogens with zero attached hydrogens (tertiary/aromatic N) is 1. The Morgan fingerprint density at radius 3 is 2.10 bits per heavy atom. The molecule has 2 aliphatic rings. The van der Waals surface area contributed by atoms with Crippen molar-refractivity contribution in [2.45, 2.75) is 65.2 Å². The van der Waals surface area contributed by atoms with E-state index in [0.717, 1.165) is 0 Å². The first kappa shape index (κ1) is 21.6. The van der Waals surface area contributed by atoms with Crippen molar-refractivity contribution in [1.29, 1.82) is 0 Å². The first-order chi connectivity index (χ1) is 13.2. The topological polar surface area (TPSA) is 82.1 Å². The Kier molecular flexibility index (Phi) is 4.77. The van der Waals surface area contributed by atoms with Crippen LogP contribution in [0.4, 0.5) is 10.5 Å². The highest BCUT2D eigenvalue weighted by atomic mass is 16.7. The number of amides is 1. The van der Waals surface area contributed by atoms with Crippen molar-refractivity contribution in [2.75, 3.05) is 7.11 Å². The van der Waals surface area contributed by atoms with Gasteiger partial charge in [-0.25, -0.2) is 4.79 Å². The number of ether oxygens (including phenoxy) is 1. The fourth-order valence-electron chi connectivity index (χ4n) is 3.99. The summed E-state index contributed by atoms with van der Waals surface area (Å²) in [6, 6.07) is 5.41. The number of fused-ring (bicyclic) bond motifs is 1. The van der Waals surface area contributed by atoms with Crippen LogP contribution in [0.3, 0.4) is 0 Å². The van der Waals surface area contributed by atoms with Gasteiger partial charge in [-0.3, -0.25) is 0 Å². The van der Waals surface area contributed by atoms with Crippen LogP contribution in [0.5, 0.6) is 0 Å². The van der Waals surface area contributed by atoms with Crippen molar-refractivity contribution in [3.8, 4) is 0 Å². The average Bonchev–Trinajstić information content (AvgIpc) is 3.05. The number of methoxy groups -OCH3 is 1. The lowest BCUT2D eigenvalue weighted by Crippen LogP contribution is -2.64. The Balaban J connectivity index is 2.19. The molecule has 0 spiro atoms. The molecule has 0 bridgehead atoms. The molecule has 1 unspecified atom stereocenters. The monoisotopic (exact) mass is 402 g/mol. The normalized spacial score (nSPS) is 24.8. The molecular formula is C21H29BNO6+. The van der Waals surface area contributed by atoms with E-state index in [9.17, 15) is 14.7 Å². The number of benzene rings is 1. The minimum absolute atomic E-state index is 0.0635. The lowest BCUT2D eigenvalue weighted by atomic mass is 9.78. The van der Waals surface area contributed by atoms with Crippen LogP contribution < -0.4 is 9.95 Å². The van der Waals surface area contributed by atoms with Gasteiger partial charge in [-0.2, -0.15) is 4.79 Å². The first-order valence-electron chi connectivity index (χ1n) is 9.62. The SMILES string of the molecule is COC(=O)C1=Cc2ccc(B3OC(C)(C)C(C)(C)O3)cc2[N+]1(C(=O)O)C(C)(C)C. The molecule has 1 fully saturated rings. The van der Waals surface area contributed by atoms with Gasteiger partial charge in [0, 0.05) is 17.7 Å². The standard InChI is InChI=1S/C21H28BNO6/c1-19(2,3)23(18(25)26)15-12-14(22-28-20(4,5)21(6,7)29-22)10-9-13(15)11-16(23)17(24)27-8/h9-12H,1-8H3/p+1. The summed E-state index contributed by atoms with van der Waals surface area (Å²) >= 11 is 0. The summed E-state index contributed by atoms with van der Waals surface area (Å²) in [7, 11) is 0.615. The van der Waals surface area contributed by atoms with E-state index in [-0.39, 0.29) is 5.70 Å². The van der Waals surface area contributed by atoms with E-state index in [2.05, 4.69) is 0 Å². The van der Waals surface area contributed by atoms with Crippen molar-refractivity contribution in [1.82, 2.24) is 4.48 Å². The van der Waals surface area contributed by atoms with Gasteiger partial charge in [0.05, 0.1) is 18.3 Å². The van der Waals surface area contributed by atoms with Crippen molar-refractivity contribution in [2.24, 2.45) is 0 Å². The van der Waals surface area contributed by atoms with Crippen molar-refractivity contribution < 1.29 is 28.7 Å². The Labute approximate surface area is 172 Å². The largest absolute Gasteiger partial charge is 0.524 e. The summed E-state index contributed by atoms with van der Waals surface area (Å²) in [6.45, 7) is 13.2. The zero-order chi connectivity index (χ0) is 22.0. The van der Waals surface area contributed by atoms with E-state index in [0.29, 0.717) is 16.7 Å². The van der Waals surface area contributed by atoms with E-state index >= 15 is 0 Å². The number of esters is 1. The minimum Gasteiger partial charge on any atom is -0.462 e. The summed E-state index contributed by atoms with van der Waals surface area (Å²) < 4.78 is 16.5. The van der Waals surface area contributed by atoms with Gasteiger partial charge in [0.1, 0.15) is 5.54 Å². The second-order valence-electron chi connectivity index (χ2n) is 9.55. The van der Waals surface area contributed by atoms with Gasteiger partial charge in [-0.1, -0.05) is 6.07 Å². The van der Waals surface area contributed by atoms with Crippen LogP contribution >= 0.6 is 0 Å². The third kappa shape index (κ3) is 2.93. The molecule has 0 aromatic heterocycles. The maximum Gasteiger partial charge on any atom is 0.524 e. The van der Waals surface area contributed by atoms with E-state index in [1.807, 2.05) is 33.8 Å². The van der Waals surface area contributed by atoms with E-state index in [1.54, 1.807) is 39.0 Å². The van der Waals surface area contributed by atoms with Gasteiger partial charge >= 0.3 is 19.2 Å². The fourth-order valence-corrected chi connectivity index (χ4v) is 3.99. The van der Waals surface area contributed by atoms with Crippen molar-refractivity contribution in [3.05, 3.63) is 29.5 Å². The molecule has 0 aliphatic carbocycles. The average molecular weight is 402 g/mol. The van der Waals surface area contributed by atoms with Gasteiger partial charge in [-0.15, -0.1) is 4.48 Å². The number of carbonyl (C=O) groups excluding carboxylic acids is 1. The number of carboxylic acid groups (broad SMARTS) is 1. The Morgan fingerprint density at radius 2 is 1.66 bits per heavy atom. The van der Waals surface area contributed by atoms with E-state index in [1.165, 1.54) is 7.11 Å². The Bertz CT molecular complexity index is 898. The molecule has 8 heteroatoms. The van der Waals surface area contributed by atoms with Crippen molar-refractivity contribution >= 4 is 36.4 Å². The lowest BCUT2D eigenvalue weighted by Gasteiger charge is -2.40. The van der Waals surface area contributed by atoms with Crippen LogP contribution in [-0.2, 0) is 18.8 Å². The molecule has 0 radical (unpaired) electrons. The highest BCUT2D eigenvalue weighted by Crippen LogP contribution is 2.47. The molecule has 1 amide bonds. The van der Waals surface area contributed by atoms with Crippen LogP contribution in [0.2, 0.25) is 0 Å². The second kappa shape index (κ2) is 6.42. The van der Waals surface area contributed by atoms with E-state index in [4.69, 9.17) is 14.0 Å². The van der Waals surface area contributed by atoms with Gasteiger partial charge in [0.25, 0.3) is 0 Å². The quantitative estimate of drug-likeness (QED) is 0.465. The summed E-state index contributed by atoms with van der Waals surface area (Å²) in [5, 5.41) is 10.3. The summed E-state index contributed by atoms with van der Waals surface area (Å²) in [5.74, 6) is -0.671. The zero-order valence-electron chi connectivity index (χ0n) is 18.3. The molecule has 1 saturated heterocycles. The molecular weight excluding hydrogens is 373 g/mol. The predicted molar refractivity (Wildman–Crippen MR) is 112 cm³/mol. The molecule has 2 heterocycles. The third-order valence-electron chi connectivity index (χ3n) is 6.28. The molecule has 1 aromatic rings. The van der Waals surface area contributed by atoms with Gasteiger partial charge in [0.2, 0.25) is 5.70 Å². The Hall–Kier alpha value is -2.16. The van der Waals surface area contributed by atoms with Crippen LogP contribution in [0.1, 0.15) is 54.0 Å². The maximum absolute atomic E-state index is 12.7. The number of hydrogen-bond acceptors (Lipinski definition) is 5. The number of hydrogen-bond donors (Lipinski definition) is 1. The summed E-state index contributed by atoms with van der Waals surface area (Å²) in [4.78, 5) is 25.2. The molecule has 3 rings (SSSR count). The molecule has 29 heavy (non-hydrogen) atoms. The molecule has 7 nitrogen and oxygen atoms in total. The van der Waals surface area contributed by atoms with Gasteiger partial charge < -0.3 is 19.2 Å². The van der Waals surface area contributed by atoms with E-state index < -0.39 is 40.4 Å². The highest BCUT2D eigenvalue weighted by Gasteiger charge is 2.61. The molecule has 1 aromatic carbocycles. The van der Waals surface area contributed by atoms with Gasteiger partial charge in [0.15, 0.2) is 5.69 Å². The van der Waals surface area contributed by atoms with Crippen LogP contribution in [0.25, 0.3) is 6.08 Å². The molecule has 156 valence electrons. The smallest absolute Gasteiger partial charge is 0.462 e. The zero-order valence-corrected chi connectivity index (χ0v) is 18.3. The molecule has 0 saturated carbocycles. The number of rotatable bonds is 2. The molecule has 2 aliphatic heterocycles. The second-order valence-corrected chi connectivity index (χ2v) is 9.55. The molecule has 1 N–H and O–H groups in total. The lowest BCUT2D eigenvalue weighted by molar-refractivity contribution is -0.138. The molecule has 1 atom stereocenters. The minimum atomic E-state index is -1.15. The highest BCUT2D eigenvalue weighted by molar-refractivity contribution is 6.62. The van der Waals surface area contributed by atoms with Crippen LogP contribution in [0.15, 0.2) is 23.9 Å². The number of carbonyl (C=O) groups is 2. The summed E-state index contributed by atoms with van der Waals surface area (Å²) in [5.41, 5.74) is 0.0131. The number of quaternary nitrogens is 1. The van der Waals surface area contributed by atoms with Crippen LogP contribution in [0, 0.1) is 0 Å². The third-order valence-corrected chi connectivity index (χ3v) is 6.28. The van der Waals surface area contributed by atoms with Gasteiger partial charge in [-0.05, 0) is 60.0 Å². The van der Waals surface area contributed by atoms with Crippen LogP contribution in [-0.4, -0.2) is 48.1 Å². The Morgan fingerprint density at radius 1 is 1.10 bits per heavy atom. The fraction of sp³-hybridized carbons (Fsp3) is 0.524. The van der Waals surface area contributed by atoms with Crippen molar-refractivity contribution in [3.63, 3.8) is 0 Å². The maximum atomic E-state index is 12.7. The summed E-state index contributed by atoms with van der Waals surface area (Å²) in [6.07, 6.45) is 0.438. The predicted octanol–water partition coefficient (Wildman–Crippen LogP) is 3.30. The first-order valence-corrected chi connectivity index (χ1v) is 9.62.